The van der Waals surface area contributed by atoms with Gasteiger partial charge in [0.15, 0.2) is 0 Å². The van der Waals surface area contributed by atoms with E-state index in [1.54, 1.807) is 59.5 Å². The van der Waals surface area contributed by atoms with Gasteiger partial charge in [0, 0.05) is 49.2 Å². The molecule has 1 aromatic heterocycles. The predicted molar refractivity (Wildman–Crippen MR) is 154 cm³/mol. The number of nitrogens with one attached hydrogen (secondary N) is 1. The highest BCUT2D eigenvalue weighted by atomic mass is 32.2. The Labute approximate surface area is 236 Å². The van der Waals surface area contributed by atoms with Crippen LogP contribution in [0.2, 0.25) is 0 Å². The van der Waals surface area contributed by atoms with Crippen LogP contribution < -0.4 is 25.2 Å². The van der Waals surface area contributed by atoms with E-state index in [0.717, 1.165) is 4.57 Å². The van der Waals surface area contributed by atoms with Crippen molar-refractivity contribution in [2.45, 2.75) is 11.4 Å². The summed E-state index contributed by atoms with van der Waals surface area (Å²) in [4.78, 5) is 28.1. The lowest BCUT2D eigenvalue weighted by atomic mass is 10.2. The molecular weight excluding hydrogens is 551 g/mol. The number of amides is 1. The fourth-order valence-electron chi connectivity index (χ4n) is 4.90. The minimum absolute atomic E-state index is 0.0844. The van der Waals surface area contributed by atoms with Gasteiger partial charge in [0.25, 0.3) is 5.56 Å². The SMILES string of the molecule is COc1ccc(OC)c(NC(=O)Cn2cc(S(=O)(=O)N3CCN(c4ccccc4F)CC3)c3ccccc3c2=O)c1. The maximum absolute atomic E-state index is 14.3. The van der Waals surface area contributed by atoms with Crippen molar-refractivity contribution in [1.29, 1.82) is 0 Å². The van der Waals surface area contributed by atoms with Crippen LogP contribution in [0.1, 0.15) is 0 Å². The van der Waals surface area contributed by atoms with Crippen molar-refractivity contribution in [3.63, 3.8) is 0 Å². The number of anilines is 2. The first-order valence-electron chi connectivity index (χ1n) is 12.9. The lowest BCUT2D eigenvalue weighted by molar-refractivity contribution is -0.116. The second-order valence-electron chi connectivity index (χ2n) is 9.43. The third kappa shape index (κ3) is 5.61. The lowest BCUT2D eigenvalue weighted by Gasteiger charge is -2.35. The molecule has 0 saturated carbocycles. The Morgan fingerprint density at radius 3 is 2.29 bits per heavy atom. The first-order valence-corrected chi connectivity index (χ1v) is 14.3. The molecule has 2 heterocycles. The quantitative estimate of drug-likeness (QED) is 0.341. The molecule has 4 aromatic rings. The van der Waals surface area contributed by atoms with Gasteiger partial charge in [0.05, 0.1) is 25.6 Å². The van der Waals surface area contributed by atoms with Gasteiger partial charge in [-0.3, -0.25) is 9.59 Å². The normalized spacial score (nSPS) is 14.2. The van der Waals surface area contributed by atoms with E-state index in [1.807, 2.05) is 0 Å². The molecule has 3 aromatic carbocycles. The number of rotatable bonds is 8. The standard InChI is InChI=1S/C29H29FN4O6S/c1-39-20-11-12-26(40-2)24(17-20)31-28(35)19-33-18-27(21-7-3-4-8-22(21)29(33)36)41(37,38)34-15-13-32(14-16-34)25-10-6-5-9-23(25)30/h3-12,17-18H,13-16,19H2,1-2H3,(H,31,35). The van der Waals surface area contributed by atoms with Gasteiger partial charge < -0.3 is 24.3 Å². The molecule has 41 heavy (non-hydrogen) atoms. The molecule has 0 bridgehead atoms. The Kier molecular flexibility index (Phi) is 7.95. The van der Waals surface area contributed by atoms with Crippen LogP contribution in [0, 0.1) is 5.82 Å². The molecule has 0 unspecified atom stereocenters. The molecule has 1 aliphatic heterocycles. The van der Waals surface area contributed by atoms with Gasteiger partial charge in [0.1, 0.15) is 28.8 Å². The van der Waals surface area contributed by atoms with E-state index in [4.69, 9.17) is 9.47 Å². The number of piperazine rings is 1. The fourth-order valence-corrected chi connectivity index (χ4v) is 6.54. The van der Waals surface area contributed by atoms with Crippen LogP contribution in [0.4, 0.5) is 15.8 Å². The molecule has 1 N–H and O–H groups in total. The number of nitrogens with zero attached hydrogens (tertiary/aromatic N) is 3. The maximum Gasteiger partial charge on any atom is 0.258 e. The van der Waals surface area contributed by atoms with Gasteiger partial charge in [-0.15, -0.1) is 0 Å². The Morgan fingerprint density at radius 1 is 0.927 bits per heavy atom. The maximum atomic E-state index is 14.3. The second kappa shape index (κ2) is 11.6. The number of hydrogen-bond acceptors (Lipinski definition) is 7. The molecule has 0 atom stereocenters. The van der Waals surface area contributed by atoms with Gasteiger partial charge in [-0.05, 0) is 30.3 Å². The molecule has 1 fully saturated rings. The van der Waals surface area contributed by atoms with Crippen LogP contribution in [0.15, 0.2) is 82.6 Å². The molecule has 214 valence electrons. The average Bonchev–Trinajstić information content (AvgIpc) is 2.98. The largest absolute Gasteiger partial charge is 0.497 e. The van der Waals surface area contributed by atoms with E-state index >= 15 is 0 Å². The Morgan fingerprint density at radius 2 is 1.61 bits per heavy atom. The van der Waals surface area contributed by atoms with E-state index < -0.39 is 28.0 Å². The molecule has 10 nitrogen and oxygen atoms in total. The first-order chi connectivity index (χ1) is 19.7. The molecule has 1 aliphatic rings. The summed E-state index contributed by atoms with van der Waals surface area (Å²) in [5, 5.41) is 3.14. The van der Waals surface area contributed by atoms with Crippen molar-refractivity contribution in [1.82, 2.24) is 8.87 Å². The molecule has 5 rings (SSSR count). The highest BCUT2D eigenvalue weighted by Gasteiger charge is 2.31. The van der Waals surface area contributed by atoms with E-state index in [1.165, 1.54) is 36.9 Å². The molecule has 0 aliphatic carbocycles. The summed E-state index contributed by atoms with van der Waals surface area (Å²) < 4.78 is 55.0. The first kappa shape index (κ1) is 28.1. The number of methoxy groups -OCH3 is 2. The fraction of sp³-hybridized carbons (Fsp3) is 0.241. The van der Waals surface area contributed by atoms with Gasteiger partial charge in [-0.2, -0.15) is 4.31 Å². The number of benzene rings is 3. The van der Waals surface area contributed by atoms with Crippen LogP contribution in [0.5, 0.6) is 11.5 Å². The number of para-hydroxylation sites is 1. The minimum atomic E-state index is -4.07. The number of halogens is 1. The molecular formula is C29H29FN4O6S. The number of carbonyl (C=O) groups is 1. The molecule has 1 saturated heterocycles. The zero-order chi connectivity index (χ0) is 29.1. The summed E-state index contributed by atoms with van der Waals surface area (Å²) in [7, 11) is -1.13. The van der Waals surface area contributed by atoms with Crippen LogP contribution in [0.3, 0.4) is 0 Å². The number of ether oxygens (including phenoxy) is 2. The zero-order valence-corrected chi connectivity index (χ0v) is 23.4. The predicted octanol–water partition coefficient (Wildman–Crippen LogP) is 3.31. The summed E-state index contributed by atoms with van der Waals surface area (Å²) in [5.74, 6) is -0.0437. The number of carbonyl (C=O) groups excluding carboxylic acids is 1. The van der Waals surface area contributed by atoms with E-state index in [2.05, 4.69) is 5.32 Å². The lowest BCUT2D eigenvalue weighted by Crippen LogP contribution is -2.49. The summed E-state index contributed by atoms with van der Waals surface area (Å²) in [5.41, 5.74) is 0.255. The molecule has 0 radical (unpaired) electrons. The van der Waals surface area contributed by atoms with Gasteiger partial charge in [-0.1, -0.05) is 30.3 Å². The van der Waals surface area contributed by atoms with Crippen LogP contribution in [-0.4, -0.2) is 63.6 Å². The number of aromatic nitrogens is 1. The van der Waals surface area contributed by atoms with E-state index in [-0.39, 0.29) is 34.6 Å². The van der Waals surface area contributed by atoms with E-state index in [9.17, 15) is 22.4 Å². The molecule has 12 heteroatoms. The Balaban J connectivity index is 1.44. The van der Waals surface area contributed by atoms with Gasteiger partial charge >= 0.3 is 0 Å². The Hall–Kier alpha value is -4.42. The molecule has 0 spiro atoms. The Bertz CT molecular complexity index is 1770. The third-order valence-electron chi connectivity index (χ3n) is 7.00. The van der Waals surface area contributed by atoms with Crippen molar-refractivity contribution in [3.05, 3.63) is 89.1 Å². The zero-order valence-electron chi connectivity index (χ0n) is 22.5. The number of fused-ring (bicyclic) bond motifs is 1. The minimum Gasteiger partial charge on any atom is -0.497 e. The van der Waals surface area contributed by atoms with Crippen molar-refractivity contribution >= 4 is 38.1 Å². The summed E-state index contributed by atoms with van der Waals surface area (Å²) in [6, 6.07) is 17.7. The number of sulfonamides is 1. The number of hydrogen-bond donors (Lipinski definition) is 1. The van der Waals surface area contributed by atoms with Crippen molar-refractivity contribution < 1.29 is 27.1 Å². The van der Waals surface area contributed by atoms with Gasteiger partial charge in [0.2, 0.25) is 15.9 Å². The molecule has 1 amide bonds. The van der Waals surface area contributed by atoms with E-state index in [0.29, 0.717) is 36.0 Å². The highest BCUT2D eigenvalue weighted by Crippen LogP contribution is 2.30. The summed E-state index contributed by atoms with van der Waals surface area (Å²) in [6.07, 6.45) is 1.21. The average molecular weight is 581 g/mol. The van der Waals surface area contributed by atoms with Gasteiger partial charge in [-0.25, -0.2) is 12.8 Å². The number of pyridine rings is 1. The van der Waals surface area contributed by atoms with Crippen LogP contribution in [0.25, 0.3) is 10.8 Å². The smallest absolute Gasteiger partial charge is 0.258 e. The van der Waals surface area contributed by atoms with Crippen molar-refractivity contribution in [2.75, 3.05) is 50.6 Å². The summed E-state index contributed by atoms with van der Waals surface area (Å²) >= 11 is 0. The van der Waals surface area contributed by atoms with Crippen molar-refractivity contribution in [2.24, 2.45) is 0 Å². The van der Waals surface area contributed by atoms with Crippen LogP contribution in [-0.2, 0) is 21.4 Å². The summed E-state index contributed by atoms with van der Waals surface area (Å²) in [6.45, 7) is 0.402. The third-order valence-corrected chi connectivity index (χ3v) is 8.93. The van der Waals surface area contributed by atoms with Crippen molar-refractivity contribution in [3.8, 4) is 11.5 Å². The van der Waals surface area contributed by atoms with Crippen LogP contribution >= 0.6 is 0 Å². The topological polar surface area (TPSA) is 110 Å². The highest BCUT2D eigenvalue weighted by molar-refractivity contribution is 7.89. The monoisotopic (exact) mass is 580 g/mol. The second-order valence-corrected chi connectivity index (χ2v) is 11.3.